The van der Waals surface area contributed by atoms with Crippen LogP contribution in [0.15, 0.2) is 72.8 Å². The molecular weight excluding hydrogens is 430 g/mol. The summed E-state index contributed by atoms with van der Waals surface area (Å²) in [6.07, 6.45) is 0.865. The fraction of sp³-hybridized carbons (Fsp3) is 0.222. The van der Waals surface area contributed by atoms with Crippen LogP contribution in [0, 0.1) is 6.92 Å². The first-order chi connectivity index (χ1) is 16.5. The lowest BCUT2D eigenvalue weighted by atomic mass is 10.1. The lowest BCUT2D eigenvalue weighted by molar-refractivity contribution is 0.0602. The second-order valence-electron chi connectivity index (χ2n) is 8.17. The van der Waals surface area contributed by atoms with Gasteiger partial charge in [0.15, 0.2) is 0 Å². The average Bonchev–Trinajstić information content (AvgIpc) is 2.86. The molecule has 1 heterocycles. The zero-order valence-electron chi connectivity index (χ0n) is 19.3. The van der Waals surface area contributed by atoms with Crippen molar-refractivity contribution in [2.75, 3.05) is 30.4 Å². The smallest absolute Gasteiger partial charge is 0.339 e. The number of para-hydroxylation sites is 1. The van der Waals surface area contributed by atoms with Gasteiger partial charge in [-0.15, -0.1) is 0 Å². The van der Waals surface area contributed by atoms with Crippen molar-refractivity contribution < 1.29 is 19.1 Å². The molecule has 1 aliphatic heterocycles. The van der Waals surface area contributed by atoms with E-state index in [-0.39, 0.29) is 17.5 Å². The molecule has 0 radical (unpaired) electrons. The van der Waals surface area contributed by atoms with Crippen molar-refractivity contribution in [1.82, 2.24) is 4.90 Å². The molecule has 3 amide bonds. The van der Waals surface area contributed by atoms with Crippen LogP contribution in [0.4, 0.5) is 16.2 Å². The Hall–Kier alpha value is -4.13. The monoisotopic (exact) mass is 457 g/mol. The van der Waals surface area contributed by atoms with Crippen LogP contribution in [-0.2, 0) is 11.3 Å². The molecule has 1 aliphatic rings. The van der Waals surface area contributed by atoms with Crippen molar-refractivity contribution in [3.8, 4) is 0 Å². The Labute approximate surface area is 198 Å². The van der Waals surface area contributed by atoms with Gasteiger partial charge in [-0.2, -0.15) is 0 Å². The summed E-state index contributed by atoms with van der Waals surface area (Å²) in [5.41, 5.74) is 4.12. The molecule has 0 saturated carbocycles. The van der Waals surface area contributed by atoms with Crippen LogP contribution in [0.1, 0.15) is 38.3 Å². The van der Waals surface area contributed by atoms with E-state index >= 15 is 0 Å². The third kappa shape index (κ3) is 4.93. The molecule has 4 rings (SSSR count). The summed E-state index contributed by atoms with van der Waals surface area (Å²) < 4.78 is 4.78. The van der Waals surface area contributed by atoms with Crippen LogP contribution in [0.5, 0.6) is 0 Å². The summed E-state index contributed by atoms with van der Waals surface area (Å²) in [5.74, 6) is -0.876. The SMILES string of the molecule is COC(=O)c1ccccc1NC(=O)c1ccc(N2CCCN(Cc3ccccc3C)C2=O)cc1. The van der Waals surface area contributed by atoms with Gasteiger partial charge in [0.1, 0.15) is 0 Å². The number of carbonyl (C=O) groups excluding carboxylic acids is 3. The van der Waals surface area contributed by atoms with Crippen LogP contribution in [-0.4, -0.2) is 43.0 Å². The van der Waals surface area contributed by atoms with Gasteiger partial charge in [-0.25, -0.2) is 9.59 Å². The summed E-state index contributed by atoms with van der Waals surface area (Å²) in [6, 6.07) is 21.6. The van der Waals surface area contributed by atoms with E-state index in [9.17, 15) is 14.4 Å². The number of ether oxygens (including phenoxy) is 1. The number of carbonyl (C=O) groups is 3. The van der Waals surface area contributed by atoms with Gasteiger partial charge in [-0.3, -0.25) is 9.69 Å². The molecule has 0 spiro atoms. The average molecular weight is 458 g/mol. The molecule has 7 heteroatoms. The van der Waals surface area contributed by atoms with Gasteiger partial charge >= 0.3 is 12.0 Å². The maximum absolute atomic E-state index is 13.2. The molecule has 0 atom stereocenters. The predicted molar refractivity (Wildman–Crippen MR) is 131 cm³/mol. The highest BCUT2D eigenvalue weighted by atomic mass is 16.5. The Kier molecular flexibility index (Phi) is 6.92. The van der Waals surface area contributed by atoms with Crippen molar-refractivity contribution in [2.45, 2.75) is 19.9 Å². The molecule has 0 unspecified atom stereocenters. The van der Waals surface area contributed by atoms with E-state index in [0.29, 0.717) is 30.9 Å². The van der Waals surface area contributed by atoms with E-state index in [0.717, 1.165) is 23.2 Å². The van der Waals surface area contributed by atoms with Gasteiger partial charge < -0.3 is 15.0 Å². The van der Waals surface area contributed by atoms with Crippen LogP contribution in [0.3, 0.4) is 0 Å². The van der Waals surface area contributed by atoms with Gasteiger partial charge in [0.2, 0.25) is 0 Å². The quantitative estimate of drug-likeness (QED) is 0.536. The van der Waals surface area contributed by atoms with Gasteiger partial charge in [-0.05, 0) is 60.9 Å². The summed E-state index contributed by atoms with van der Waals surface area (Å²) >= 11 is 0. The van der Waals surface area contributed by atoms with E-state index in [4.69, 9.17) is 4.74 Å². The second kappa shape index (κ2) is 10.2. The van der Waals surface area contributed by atoms with Crippen molar-refractivity contribution in [1.29, 1.82) is 0 Å². The normalized spacial score (nSPS) is 13.5. The van der Waals surface area contributed by atoms with Crippen LogP contribution < -0.4 is 10.2 Å². The number of rotatable bonds is 6. The Balaban J connectivity index is 1.46. The molecule has 174 valence electrons. The Morgan fingerprint density at radius 1 is 0.941 bits per heavy atom. The van der Waals surface area contributed by atoms with E-state index < -0.39 is 5.97 Å². The standard InChI is InChI=1S/C27H27N3O4/c1-19-8-3-4-9-21(19)18-29-16-7-17-30(27(29)33)22-14-12-20(13-15-22)25(31)28-24-11-6-5-10-23(24)26(32)34-2/h3-6,8-15H,7,16-18H2,1-2H3,(H,28,31). The number of anilines is 2. The number of nitrogens with one attached hydrogen (secondary N) is 1. The number of hydrogen-bond acceptors (Lipinski definition) is 4. The molecular formula is C27H27N3O4. The Bertz CT molecular complexity index is 1210. The van der Waals surface area contributed by atoms with Crippen molar-refractivity contribution >= 4 is 29.3 Å². The first-order valence-corrected chi connectivity index (χ1v) is 11.2. The summed E-state index contributed by atoms with van der Waals surface area (Å²) in [5, 5.41) is 2.76. The minimum atomic E-state index is -0.523. The molecule has 0 aromatic heterocycles. The van der Waals surface area contributed by atoms with E-state index in [1.807, 2.05) is 23.1 Å². The molecule has 1 N–H and O–H groups in total. The van der Waals surface area contributed by atoms with Gasteiger partial charge in [0.25, 0.3) is 5.91 Å². The number of benzene rings is 3. The van der Waals surface area contributed by atoms with Gasteiger partial charge in [0, 0.05) is 30.9 Å². The lowest BCUT2D eigenvalue weighted by Crippen LogP contribution is -2.49. The Morgan fingerprint density at radius 3 is 2.38 bits per heavy atom. The van der Waals surface area contributed by atoms with Gasteiger partial charge in [-0.1, -0.05) is 36.4 Å². The van der Waals surface area contributed by atoms with Crippen LogP contribution >= 0.6 is 0 Å². The zero-order chi connectivity index (χ0) is 24.1. The number of urea groups is 1. The van der Waals surface area contributed by atoms with E-state index in [1.54, 1.807) is 53.4 Å². The number of esters is 1. The molecule has 0 aliphatic carbocycles. The maximum atomic E-state index is 13.2. The third-order valence-electron chi connectivity index (χ3n) is 5.96. The molecule has 3 aromatic rings. The number of aryl methyl sites for hydroxylation is 1. The van der Waals surface area contributed by atoms with Gasteiger partial charge in [0.05, 0.1) is 18.4 Å². The fourth-order valence-corrected chi connectivity index (χ4v) is 4.03. The number of amides is 3. The van der Waals surface area contributed by atoms with Crippen molar-refractivity contribution in [2.24, 2.45) is 0 Å². The largest absolute Gasteiger partial charge is 0.465 e. The summed E-state index contributed by atoms with van der Waals surface area (Å²) in [7, 11) is 1.30. The van der Waals surface area contributed by atoms with Crippen LogP contribution in [0.2, 0.25) is 0 Å². The first-order valence-electron chi connectivity index (χ1n) is 11.2. The van der Waals surface area contributed by atoms with E-state index in [2.05, 4.69) is 18.3 Å². The minimum Gasteiger partial charge on any atom is -0.465 e. The highest BCUT2D eigenvalue weighted by Crippen LogP contribution is 2.24. The molecule has 1 saturated heterocycles. The zero-order valence-corrected chi connectivity index (χ0v) is 19.3. The Morgan fingerprint density at radius 2 is 1.65 bits per heavy atom. The second-order valence-corrected chi connectivity index (χ2v) is 8.17. The minimum absolute atomic E-state index is 0.0429. The van der Waals surface area contributed by atoms with Crippen molar-refractivity contribution in [3.05, 3.63) is 95.1 Å². The summed E-state index contributed by atoms with van der Waals surface area (Å²) in [4.78, 5) is 41.5. The topological polar surface area (TPSA) is 79.0 Å². The van der Waals surface area contributed by atoms with Crippen LogP contribution in [0.25, 0.3) is 0 Å². The summed E-state index contributed by atoms with van der Waals surface area (Å²) in [6.45, 7) is 3.96. The lowest BCUT2D eigenvalue weighted by Gasteiger charge is -2.36. The molecule has 34 heavy (non-hydrogen) atoms. The third-order valence-corrected chi connectivity index (χ3v) is 5.96. The predicted octanol–water partition coefficient (Wildman–Crippen LogP) is 4.87. The highest BCUT2D eigenvalue weighted by molar-refractivity contribution is 6.08. The highest BCUT2D eigenvalue weighted by Gasteiger charge is 2.27. The maximum Gasteiger partial charge on any atom is 0.339 e. The first kappa shape index (κ1) is 23.0. The van der Waals surface area contributed by atoms with E-state index in [1.165, 1.54) is 7.11 Å². The van der Waals surface area contributed by atoms with Crippen molar-refractivity contribution in [3.63, 3.8) is 0 Å². The molecule has 0 bridgehead atoms. The number of methoxy groups -OCH3 is 1. The number of hydrogen-bond donors (Lipinski definition) is 1. The fourth-order valence-electron chi connectivity index (χ4n) is 4.03. The molecule has 7 nitrogen and oxygen atoms in total. The molecule has 1 fully saturated rings. The number of nitrogens with zero attached hydrogens (tertiary/aromatic N) is 2. The molecule has 3 aromatic carbocycles.